The fraction of sp³-hybridized carbons (Fsp3) is 0.273. The molecule has 1 aromatic carbocycles. The molecule has 1 aliphatic heterocycles. The molecule has 1 heterocycles. The number of nitrogens with one attached hydrogen (secondary N) is 1. The van der Waals surface area contributed by atoms with Crippen LogP contribution in [-0.2, 0) is 14.3 Å². The summed E-state index contributed by atoms with van der Waals surface area (Å²) >= 11 is 0. The van der Waals surface area contributed by atoms with Gasteiger partial charge in [-0.3, -0.25) is 9.59 Å². The number of para-hydroxylation sites is 1. The Morgan fingerprint density at radius 3 is 2.93 bits per heavy atom. The van der Waals surface area contributed by atoms with E-state index in [-0.39, 0.29) is 18.3 Å². The minimum absolute atomic E-state index is 0.270. The number of esters is 1. The number of rotatable bonds is 2. The molecule has 1 N–H and O–H groups in total. The summed E-state index contributed by atoms with van der Waals surface area (Å²) in [6, 6.07) is 7.20. The van der Waals surface area contributed by atoms with Crippen molar-refractivity contribution in [2.24, 2.45) is 0 Å². The summed E-state index contributed by atoms with van der Waals surface area (Å²) < 4.78 is 5.05. The van der Waals surface area contributed by atoms with Gasteiger partial charge >= 0.3 is 5.97 Å². The van der Waals surface area contributed by atoms with Gasteiger partial charge in [-0.2, -0.15) is 0 Å². The molecule has 0 saturated heterocycles. The van der Waals surface area contributed by atoms with Gasteiger partial charge in [0.1, 0.15) is 0 Å². The maximum atomic E-state index is 11.5. The van der Waals surface area contributed by atoms with Crippen molar-refractivity contribution in [1.82, 2.24) is 0 Å². The van der Waals surface area contributed by atoms with Crippen LogP contribution in [0.3, 0.4) is 0 Å². The molecule has 4 heteroatoms. The van der Waals surface area contributed by atoms with Crippen molar-refractivity contribution in [1.29, 1.82) is 0 Å². The van der Waals surface area contributed by atoms with Crippen LogP contribution < -0.4 is 5.32 Å². The molecule has 1 unspecified atom stereocenters. The summed E-state index contributed by atoms with van der Waals surface area (Å²) in [5.41, 5.74) is 1.45. The minimum Gasteiger partial charge on any atom is -0.447 e. The lowest BCUT2D eigenvalue weighted by Crippen LogP contribution is -2.18. The summed E-state index contributed by atoms with van der Waals surface area (Å²) in [7, 11) is 0. The maximum Gasteiger partial charge on any atom is 0.306 e. The first kappa shape index (κ1) is 9.71. The summed E-state index contributed by atoms with van der Waals surface area (Å²) in [5.74, 6) is -0.648. The number of fused-ring (bicyclic) bond motifs is 1. The fourth-order valence-electron chi connectivity index (χ4n) is 1.51. The Balaban J connectivity index is 2.26. The van der Waals surface area contributed by atoms with Crippen molar-refractivity contribution in [3.05, 3.63) is 29.8 Å². The molecule has 0 aliphatic carbocycles. The van der Waals surface area contributed by atoms with Gasteiger partial charge in [0.2, 0.25) is 6.10 Å². The van der Waals surface area contributed by atoms with Gasteiger partial charge in [-0.1, -0.05) is 25.1 Å². The lowest BCUT2D eigenvalue weighted by atomic mass is 10.1. The highest BCUT2D eigenvalue weighted by atomic mass is 16.5. The molecule has 0 aromatic heterocycles. The van der Waals surface area contributed by atoms with Gasteiger partial charge in [0.25, 0.3) is 5.91 Å². The molecule has 0 radical (unpaired) electrons. The molecule has 1 aliphatic rings. The number of ether oxygens (including phenoxy) is 1. The van der Waals surface area contributed by atoms with E-state index < -0.39 is 6.10 Å². The second-order valence-corrected chi connectivity index (χ2v) is 3.30. The number of benzene rings is 1. The third-order valence-electron chi connectivity index (χ3n) is 2.28. The van der Waals surface area contributed by atoms with Crippen LogP contribution in [0.25, 0.3) is 0 Å². The molecule has 0 spiro atoms. The van der Waals surface area contributed by atoms with Crippen molar-refractivity contribution in [2.45, 2.75) is 19.4 Å². The predicted molar refractivity (Wildman–Crippen MR) is 54.2 cm³/mol. The largest absolute Gasteiger partial charge is 0.447 e. The number of anilines is 1. The first-order valence-corrected chi connectivity index (χ1v) is 4.81. The second-order valence-electron chi connectivity index (χ2n) is 3.30. The zero-order chi connectivity index (χ0) is 10.8. The highest BCUT2D eigenvalue weighted by Gasteiger charge is 2.32. The zero-order valence-electron chi connectivity index (χ0n) is 8.32. The molecule has 1 amide bonds. The Hall–Kier alpha value is -1.84. The van der Waals surface area contributed by atoms with Gasteiger partial charge in [-0.05, 0) is 6.07 Å². The quantitative estimate of drug-likeness (QED) is 0.746. The van der Waals surface area contributed by atoms with E-state index in [1.54, 1.807) is 19.1 Å². The first-order valence-electron chi connectivity index (χ1n) is 4.81. The van der Waals surface area contributed by atoms with E-state index in [1.165, 1.54) is 0 Å². The van der Waals surface area contributed by atoms with Gasteiger partial charge in [0.15, 0.2) is 0 Å². The third kappa shape index (κ3) is 1.70. The lowest BCUT2D eigenvalue weighted by Gasteiger charge is -2.09. The number of carbonyl (C=O) groups is 2. The molecule has 0 bridgehead atoms. The summed E-state index contributed by atoms with van der Waals surface area (Å²) in [5, 5.41) is 2.66. The van der Waals surface area contributed by atoms with Crippen LogP contribution >= 0.6 is 0 Å². The molecule has 4 nitrogen and oxygen atoms in total. The molecule has 15 heavy (non-hydrogen) atoms. The van der Waals surface area contributed by atoms with Crippen LogP contribution in [0.1, 0.15) is 25.0 Å². The number of hydrogen-bond acceptors (Lipinski definition) is 3. The van der Waals surface area contributed by atoms with Crippen LogP contribution in [0.4, 0.5) is 5.69 Å². The van der Waals surface area contributed by atoms with Crippen molar-refractivity contribution >= 4 is 17.6 Å². The number of amides is 1. The van der Waals surface area contributed by atoms with Crippen molar-refractivity contribution in [3.8, 4) is 0 Å². The molecule has 78 valence electrons. The van der Waals surface area contributed by atoms with Gasteiger partial charge in [-0.25, -0.2) is 0 Å². The molecular weight excluding hydrogens is 194 g/mol. The topological polar surface area (TPSA) is 55.4 Å². The van der Waals surface area contributed by atoms with E-state index in [4.69, 9.17) is 4.74 Å². The Kier molecular flexibility index (Phi) is 2.41. The van der Waals surface area contributed by atoms with E-state index in [2.05, 4.69) is 5.32 Å². The van der Waals surface area contributed by atoms with Crippen LogP contribution in [0, 0.1) is 0 Å². The van der Waals surface area contributed by atoms with Gasteiger partial charge < -0.3 is 10.1 Å². The second kappa shape index (κ2) is 3.73. The van der Waals surface area contributed by atoms with E-state index in [0.29, 0.717) is 0 Å². The lowest BCUT2D eigenvalue weighted by molar-refractivity contribution is -0.153. The van der Waals surface area contributed by atoms with Crippen LogP contribution in [0.15, 0.2) is 24.3 Å². The minimum atomic E-state index is -0.784. The SMILES string of the molecule is CCC(=O)OC1C(=O)Nc2ccccc21. The van der Waals surface area contributed by atoms with Crippen LogP contribution in [0.2, 0.25) is 0 Å². The third-order valence-corrected chi connectivity index (χ3v) is 2.28. The van der Waals surface area contributed by atoms with E-state index >= 15 is 0 Å². The molecule has 1 atom stereocenters. The highest BCUT2D eigenvalue weighted by molar-refractivity contribution is 6.02. The Morgan fingerprint density at radius 1 is 1.47 bits per heavy atom. The van der Waals surface area contributed by atoms with Crippen molar-refractivity contribution in [2.75, 3.05) is 5.32 Å². The molecule has 0 saturated carbocycles. The number of carbonyl (C=O) groups excluding carboxylic acids is 2. The van der Waals surface area contributed by atoms with E-state index in [0.717, 1.165) is 11.3 Å². The predicted octanol–water partition coefficient (Wildman–Crippen LogP) is 1.63. The average Bonchev–Trinajstić information content (AvgIpc) is 2.55. The highest BCUT2D eigenvalue weighted by Crippen LogP contribution is 2.32. The molecular formula is C11H11NO3. The van der Waals surface area contributed by atoms with E-state index in [1.807, 2.05) is 12.1 Å². The zero-order valence-corrected chi connectivity index (χ0v) is 8.32. The Morgan fingerprint density at radius 2 is 2.20 bits per heavy atom. The molecule has 2 rings (SSSR count). The summed E-state index contributed by atoms with van der Waals surface area (Å²) in [6.07, 6.45) is -0.514. The van der Waals surface area contributed by atoms with Crippen molar-refractivity contribution < 1.29 is 14.3 Å². The summed E-state index contributed by atoms with van der Waals surface area (Å²) in [4.78, 5) is 22.6. The van der Waals surface area contributed by atoms with Crippen LogP contribution in [-0.4, -0.2) is 11.9 Å². The smallest absolute Gasteiger partial charge is 0.306 e. The van der Waals surface area contributed by atoms with Crippen LogP contribution in [0.5, 0.6) is 0 Å². The van der Waals surface area contributed by atoms with Gasteiger partial charge in [0, 0.05) is 17.7 Å². The summed E-state index contributed by atoms with van der Waals surface area (Å²) in [6.45, 7) is 1.70. The Bertz CT molecular complexity index is 414. The normalized spacial score (nSPS) is 18.2. The molecule has 1 aromatic rings. The standard InChI is InChI=1S/C11H11NO3/c1-2-9(13)15-10-7-5-3-4-6-8(7)12-11(10)14/h3-6,10H,2H2,1H3,(H,12,14). The Labute approximate surface area is 87.2 Å². The first-order chi connectivity index (χ1) is 7.22. The van der Waals surface area contributed by atoms with Crippen molar-refractivity contribution in [3.63, 3.8) is 0 Å². The van der Waals surface area contributed by atoms with Gasteiger partial charge in [-0.15, -0.1) is 0 Å². The average molecular weight is 205 g/mol. The van der Waals surface area contributed by atoms with Gasteiger partial charge in [0.05, 0.1) is 0 Å². The monoisotopic (exact) mass is 205 g/mol. The molecule has 0 fully saturated rings. The maximum absolute atomic E-state index is 11.5. The van der Waals surface area contributed by atoms with E-state index in [9.17, 15) is 9.59 Å². The fourth-order valence-corrected chi connectivity index (χ4v) is 1.51. The number of hydrogen-bond donors (Lipinski definition) is 1.